The zero-order chi connectivity index (χ0) is 13.1. The summed E-state index contributed by atoms with van der Waals surface area (Å²) in [4.78, 5) is 26.7. The van der Waals surface area contributed by atoms with Crippen LogP contribution >= 0.6 is 0 Å². The van der Waals surface area contributed by atoms with Crippen molar-refractivity contribution in [2.45, 2.75) is 38.1 Å². The van der Waals surface area contributed by atoms with Gasteiger partial charge in [0.15, 0.2) is 0 Å². The molecule has 0 radical (unpaired) electrons. The standard InChI is InChI=1S/C13H22N2O3/c1-14-11(10-6-4-3-5-7-10)8-15(13(14)17)9-12(16)18-2/h10-11H,3-9H2,1-2H3. The molecule has 2 rings (SSSR count). The molecule has 102 valence electrons. The number of carbonyl (C=O) groups is 2. The van der Waals surface area contributed by atoms with E-state index in [-0.39, 0.29) is 24.6 Å². The first-order chi connectivity index (χ1) is 8.63. The summed E-state index contributed by atoms with van der Waals surface area (Å²) in [5.74, 6) is 0.247. The van der Waals surface area contributed by atoms with Crippen molar-refractivity contribution >= 4 is 12.0 Å². The number of likely N-dealkylation sites (N-methyl/N-ethyl adjacent to an activating group) is 1. The molecule has 1 aliphatic heterocycles. The zero-order valence-electron chi connectivity index (χ0n) is 11.2. The summed E-state index contributed by atoms with van der Waals surface area (Å²) in [6.07, 6.45) is 6.25. The third-order valence-electron chi connectivity index (χ3n) is 4.22. The average Bonchev–Trinajstić information content (AvgIpc) is 2.68. The Hall–Kier alpha value is -1.26. The number of rotatable bonds is 3. The Bertz CT molecular complexity index is 326. The predicted octanol–water partition coefficient (Wildman–Crippen LogP) is 1.48. The summed E-state index contributed by atoms with van der Waals surface area (Å²) in [6.45, 7) is 0.734. The van der Waals surface area contributed by atoms with E-state index in [2.05, 4.69) is 4.74 Å². The number of esters is 1. The number of nitrogens with zero attached hydrogens (tertiary/aromatic N) is 2. The fourth-order valence-electron chi connectivity index (χ4n) is 3.13. The highest BCUT2D eigenvalue weighted by Crippen LogP contribution is 2.32. The Labute approximate surface area is 108 Å². The topological polar surface area (TPSA) is 49.9 Å². The van der Waals surface area contributed by atoms with Gasteiger partial charge < -0.3 is 14.5 Å². The lowest BCUT2D eigenvalue weighted by atomic mass is 9.84. The maximum absolute atomic E-state index is 12.1. The van der Waals surface area contributed by atoms with Crippen LogP contribution < -0.4 is 0 Å². The summed E-state index contributed by atoms with van der Waals surface area (Å²) in [7, 11) is 3.20. The maximum atomic E-state index is 12.1. The molecule has 5 heteroatoms. The van der Waals surface area contributed by atoms with E-state index in [9.17, 15) is 9.59 Å². The number of carbonyl (C=O) groups excluding carboxylic acids is 2. The van der Waals surface area contributed by atoms with Crippen LogP contribution in [0.1, 0.15) is 32.1 Å². The minimum absolute atomic E-state index is 0.0454. The molecule has 0 aromatic rings. The second-order valence-corrected chi connectivity index (χ2v) is 5.32. The van der Waals surface area contributed by atoms with Crippen molar-refractivity contribution in [1.82, 2.24) is 9.80 Å². The molecule has 1 aliphatic carbocycles. The molecule has 1 heterocycles. The third-order valence-corrected chi connectivity index (χ3v) is 4.22. The first-order valence-corrected chi connectivity index (χ1v) is 6.72. The van der Waals surface area contributed by atoms with Crippen molar-refractivity contribution in [3.8, 4) is 0 Å². The highest BCUT2D eigenvalue weighted by molar-refractivity contribution is 5.82. The van der Waals surface area contributed by atoms with Crippen LogP contribution in [0, 0.1) is 5.92 Å². The van der Waals surface area contributed by atoms with Crippen molar-refractivity contribution < 1.29 is 14.3 Å². The summed E-state index contributed by atoms with van der Waals surface area (Å²) in [6, 6.07) is 0.221. The van der Waals surface area contributed by atoms with E-state index in [0.29, 0.717) is 12.5 Å². The third kappa shape index (κ3) is 2.60. The van der Waals surface area contributed by atoms with E-state index in [1.165, 1.54) is 39.2 Å². The van der Waals surface area contributed by atoms with Crippen molar-refractivity contribution in [2.75, 3.05) is 27.2 Å². The van der Waals surface area contributed by atoms with Crippen LogP contribution in [0.15, 0.2) is 0 Å². The molecule has 2 amide bonds. The molecule has 0 N–H and O–H groups in total. The van der Waals surface area contributed by atoms with Gasteiger partial charge in [0, 0.05) is 13.6 Å². The molecule has 0 spiro atoms. The number of methoxy groups -OCH3 is 1. The number of urea groups is 1. The molecule has 18 heavy (non-hydrogen) atoms. The van der Waals surface area contributed by atoms with Crippen molar-refractivity contribution in [1.29, 1.82) is 0 Å². The van der Waals surface area contributed by atoms with Crippen LogP contribution in [0.25, 0.3) is 0 Å². The fraction of sp³-hybridized carbons (Fsp3) is 0.846. The van der Waals surface area contributed by atoms with Gasteiger partial charge in [-0.1, -0.05) is 19.3 Å². The van der Waals surface area contributed by atoms with Gasteiger partial charge in [-0.2, -0.15) is 0 Å². The molecule has 0 aromatic heterocycles. The summed E-state index contributed by atoms with van der Waals surface area (Å²) >= 11 is 0. The SMILES string of the molecule is COC(=O)CN1CC(C2CCCCC2)N(C)C1=O. The normalized spacial score (nSPS) is 25.7. The van der Waals surface area contributed by atoms with Crippen LogP contribution in [0.4, 0.5) is 4.79 Å². The van der Waals surface area contributed by atoms with Crippen LogP contribution in [-0.2, 0) is 9.53 Å². The van der Waals surface area contributed by atoms with E-state index < -0.39 is 0 Å². The Kier molecular flexibility index (Phi) is 4.09. The Morgan fingerprint density at radius 2 is 2.00 bits per heavy atom. The van der Waals surface area contributed by atoms with Gasteiger partial charge in [0.1, 0.15) is 6.54 Å². The van der Waals surface area contributed by atoms with E-state index in [1.54, 1.807) is 9.80 Å². The lowest BCUT2D eigenvalue weighted by molar-refractivity contribution is -0.141. The quantitative estimate of drug-likeness (QED) is 0.717. The molecule has 2 fully saturated rings. The highest BCUT2D eigenvalue weighted by Gasteiger charge is 2.40. The van der Waals surface area contributed by atoms with Crippen LogP contribution in [0.3, 0.4) is 0 Å². The molecular formula is C13H22N2O3. The molecule has 2 aliphatic rings. The molecule has 1 atom stereocenters. The van der Waals surface area contributed by atoms with E-state index >= 15 is 0 Å². The summed E-state index contributed by atoms with van der Waals surface area (Å²) < 4.78 is 4.63. The monoisotopic (exact) mass is 254 g/mol. The Morgan fingerprint density at radius 1 is 1.33 bits per heavy atom. The number of ether oxygens (including phenoxy) is 1. The maximum Gasteiger partial charge on any atom is 0.325 e. The zero-order valence-corrected chi connectivity index (χ0v) is 11.2. The second kappa shape index (κ2) is 5.59. The van der Waals surface area contributed by atoms with Gasteiger partial charge in [-0.25, -0.2) is 4.79 Å². The minimum atomic E-state index is -0.346. The number of hydrogen-bond acceptors (Lipinski definition) is 3. The van der Waals surface area contributed by atoms with Gasteiger partial charge in [-0.3, -0.25) is 4.79 Å². The second-order valence-electron chi connectivity index (χ2n) is 5.32. The van der Waals surface area contributed by atoms with Gasteiger partial charge in [0.2, 0.25) is 0 Å². The van der Waals surface area contributed by atoms with Crippen molar-refractivity contribution in [2.24, 2.45) is 5.92 Å². The first kappa shape index (κ1) is 13.2. The average molecular weight is 254 g/mol. The van der Waals surface area contributed by atoms with Crippen molar-refractivity contribution in [3.05, 3.63) is 0 Å². The van der Waals surface area contributed by atoms with Gasteiger partial charge in [-0.15, -0.1) is 0 Å². The minimum Gasteiger partial charge on any atom is -0.468 e. The first-order valence-electron chi connectivity index (χ1n) is 6.72. The van der Waals surface area contributed by atoms with Crippen LogP contribution in [0.5, 0.6) is 0 Å². The molecule has 1 saturated carbocycles. The number of hydrogen-bond donors (Lipinski definition) is 0. The summed E-state index contributed by atoms with van der Waals surface area (Å²) in [5.41, 5.74) is 0. The smallest absolute Gasteiger partial charge is 0.325 e. The molecule has 1 unspecified atom stereocenters. The Balaban J connectivity index is 1.97. The lowest BCUT2D eigenvalue weighted by Gasteiger charge is -2.30. The van der Waals surface area contributed by atoms with Gasteiger partial charge in [0.05, 0.1) is 13.2 Å². The lowest BCUT2D eigenvalue weighted by Crippen LogP contribution is -2.37. The van der Waals surface area contributed by atoms with Gasteiger partial charge >= 0.3 is 12.0 Å². The van der Waals surface area contributed by atoms with E-state index in [0.717, 1.165) is 0 Å². The molecular weight excluding hydrogens is 232 g/mol. The molecule has 5 nitrogen and oxygen atoms in total. The van der Waals surface area contributed by atoms with Gasteiger partial charge in [0.25, 0.3) is 0 Å². The fourth-order valence-corrected chi connectivity index (χ4v) is 3.13. The summed E-state index contributed by atoms with van der Waals surface area (Å²) in [5, 5.41) is 0. The molecule has 0 aromatic carbocycles. The Morgan fingerprint density at radius 3 is 2.61 bits per heavy atom. The highest BCUT2D eigenvalue weighted by atomic mass is 16.5. The molecule has 1 saturated heterocycles. The van der Waals surface area contributed by atoms with Crippen molar-refractivity contribution in [3.63, 3.8) is 0 Å². The number of amides is 2. The van der Waals surface area contributed by atoms with Crippen LogP contribution in [-0.4, -0.2) is 55.1 Å². The molecule has 0 bridgehead atoms. The van der Waals surface area contributed by atoms with E-state index in [1.807, 2.05) is 7.05 Å². The van der Waals surface area contributed by atoms with Gasteiger partial charge in [-0.05, 0) is 18.8 Å². The predicted molar refractivity (Wildman–Crippen MR) is 67.1 cm³/mol. The largest absolute Gasteiger partial charge is 0.468 e. The van der Waals surface area contributed by atoms with Crippen LogP contribution in [0.2, 0.25) is 0 Å². The van der Waals surface area contributed by atoms with E-state index in [4.69, 9.17) is 0 Å².